The molecule has 0 fully saturated rings. The lowest BCUT2D eigenvalue weighted by Gasteiger charge is -2.07. The highest BCUT2D eigenvalue weighted by atomic mass is 16.5. The SMILES string of the molecule is CCOC(=O)CCCCC(=O)CCCOc1ccc(C(=O)c2ccc(N=C=O)cc2)cc1. The molecular weight excluding hydrogens is 410 g/mol. The number of esters is 1. The molecule has 0 aliphatic heterocycles. The summed E-state index contributed by atoms with van der Waals surface area (Å²) in [7, 11) is 0. The molecule has 0 aromatic heterocycles. The van der Waals surface area contributed by atoms with Gasteiger partial charge in [-0.2, -0.15) is 4.99 Å². The van der Waals surface area contributed by atoms with E-state index in [9.17, 15) is 19.2 Å². The van der Waals surface area contributed by atoms with Crippen molar-refractivity contribution in [2.75, 3.05) is 13.2 Å². The Hall–Kier alpha value is -3.57. The molecule has 0 aliphatic rings. The van der Waals surface area contributed by atoms with Crippen molar-refractivity contribution in [3.8, 4) is 5.75 Å². The van der Waals surface area contributed by atoms with Gasteiger partial charge in [0.2, 0.25) is 6.08 Å². The first-order valence-corrected chi connectivity index (χ1v) is 10.7. The van der Waals surface area contributed by atoms with E-state index in [0.29, 0.717) is 74.3 Å². The van der Waals surface area contributed by atoms with Crippen LogP contribution >= 0.6 is 0 Å². The number of Topliss-reactive ketones (excluding diaryl/α,β-unsaturated/α-hetero) is 1. The van der Waals surface area contributed by atoms with E-state index in [2.05, 4.69) is 4.99 Å². The predicted molar refractivity (Wildman–Crippen MR) is 119 cm³/mol. The molecule has 168 valence electrons. The van der Waals surface area contributed by atoms with E-state index < -0.39 is 0 Å². The van der Waals surface area contributed by atoms with Crippen LogP contribution in [0.2, 0.25) is 0 Å². The average molecular weight is 437 g/mol. The monoisotopic (exact) mass is 437 g/mol. The lowest BCUT2D eigenvalue weighted by atomic mass is 10.0. The third kappa shape index (κ3) is 8.66. The molecule has 0 saturated heterocycles. The Balaban J connectivity index is 1.68. The number of aliphatic imine (C=N–C) groups is 1. The zero-order valence-electron chi connectivity index (χ0n) is 18.2. The van der Waals surface area contributed by atoms with Gasteiger partial charge in [-0.3, -0.25) is 14.4 Å². The summed E-state index contributed by atoms with van der Waals surface area (Å²) in [6.07, 6.45) is 4.64. The molecule has 0 amide bonds. The van der Waals surface area contributed by atoms with Gasteiger partial charge in [-0.1, -0.05) is 0 Å². The smallest absolute Gasteiger partial charge is 0.305 e. The van der Waals surface area contributed by atoms with E-state index >= 15 is 0 Å². The molecule has 0 bridgehead atoms. The van der Waals surface area contributed by atoms with E-state index in [1.807, 2.05) is 0 Å². The number of isocyanates is 1. The molecule has 0 atom stereocenters. The number of ether oxygens (including phenoxy) is 2. The number of benzene rings is 2. The minimum Gasteiger partial charge on any atom is -0.494 e. The van der Waals surface area contributed by atoms with E-state index in [1.54, 1.807) is 55.5 Å². The lowest BCUT2D eigenvalue weighted by Crippen LogP contribution is -2.05. The fourth-order valence-electron chi connectivity index (χ4n) is 3.02. The van der Waals surface area contributed by atoms with Gasteiger partial charge in [0.25, 0.3) is 0 Å². The minimum absolute atomic E-state index is 0.147. The first-order valence-electron chi connectivity index (χ1n) is 10.7. The first kappa shape index (κ1) is 24.7. The van der Waals surface area contributed by atoms with Crippen molar-refractivity contribution in [2.45, 2.75) is 45.4 Å². The van der Waals surface area contributed by atoms with E-state index in [-0.39, 0.29) is 17.5 Å². The van der Waals surface area contributed by atoms with Crippen LogP contribution in [0.1, 0.15) is 61.4 Å². The van der Waals surface area contributed by atoms with Gasteiger partial charge in [-0.05, 0) is 74.7 Å². The van der Waals surface area contributed by atoms with Crippen molar-refractivity contribution in [1.29, 1.82) is 0 Å². The normalized spacial score (nSPS) is 10.2. The molecule has 0 heterocycles. The summed E-state index contributed by atoms with van der Waals surface area (Å²) in [6.45, 7) is 2.55. The van der Waals surface area contributed by atoms with Crippen molar-refractivity contribution in [3.05, 3.63) is 59.7 Å². The second-order valence-electron chi connectivity index (χ2n) is 7.11. The maximum absolute atomic E-state index is 12.5. The van der Waals surface area contributed by atoms with Gasteiger partial charge in [0, 0.05) is 30.4 Å². The first-order chi connectivity index (χ1) is 15.5. The second-order valence-corrected chi connectivity index (χ2v) is 7.11. The molecule has 0 radical (unpaired) electrons. The highest BCUT2D eigenvalue weighted by molar-refractivity contribution is 6.09. The van der Waals surface area contributed by atoms with Crippen LogP contribution in [0.4, 0.5) is 5.69 Å². The van der Waals surface area contributed by atoms with Crippen LogP contribution in [0.25, 0.3) is 0 Å². The molecule has 7 nitrogen and oxygen atoms in total. The van der Waals surface area contributed by atoms with Crippen LogP contribution in [0, 0.1) is 0 Å². The molecule has 7 heteroatoms. The van der Waals surface area contributed by atoms with Gasteiger partial charge >= 0.3 is 5.97 Å². The summed E-state index contributed by atoms with van der Waals surface area (Å²) < 4.78 is 10.5. The Labute approximate surface area is 187 Å². The van der Waals surface area contributed by atoms with Crippen molar-refractivity contribution >= 4 is 29.3 Å². The van der Waals surface area contributed by atoms with Crippen LogP contribution in [0.15, 0.2) is 53.5 Å². The predicted octanol–water partition coefficient (Wildman–Crippen LogP) is 4.74. The number of hydrogen-bond acceptors (Lipinski definition) is 7. The highest BCUT2D eigenvalue weighted by Gasteiger charge is 2.09. The van der Waals surface area contributed by atoms with Crippen molar-refractivity contribution < 1.29 is 28.7 Å². The lowest BCUT2D eigenvalue weighted by molar-refractivity contribution is -0.143. The quantitative estimate of drug-likeness (QED) is 0.139. The Kier molecular flexibility index (Phi) is 10.6. The molecule has 32 heavy (non-hydrogen) atoms. The number of hydrogen-bond donors (Lipinski definition) is 0. The Morgan fingerprint density at radius 1 is 0.844 bits per heavy atom. The maximum Gasteiger partial charge on any atom is 0.305 e. The number of ketones is 2. The van der Waals surface area contributed by atoms with Crippen molar-refractivity contribution in [1.82, 2.24) is 0 Å². The van der Waals surface area contributed by atoms with Crippen LogP contribution in [0.5, 0.6) is 5.75 Å². The maximum atomic E-state index is 12.5. The summed E-state index contributed by atoms with van der Waals surface area (Å²) in [5.74, 6) is 0.414. The van der Waals surface area contributed by atoms with Crippen LogP contribution in [-0.2, 0) is 19.1 Å². The third-order valence-corrected chi connectivity index (χ3v) is 4.68. The summed E-state index contributed by atoms with van der Waals surface area (Å²) in [6, 6.07) is 13.2. The van der Waals surface area contributed by atoms with E-state index in [0.717, 1.165) is 0 Å². The van der Waals surface area contributed by atoms with Crippen molar-refractivity contribution in [3.63, 3.8) is 0 Å². The molecule has 0 spiro atoms. The minimum atomic E-state index is -0.219. The summed E-state index contributed by atoms with van der Waals surface area (Å²) >= 11 is 0. The summed E-state index contributed by atoms with van der Waals surface area (Å²) in [5.41, 5.74) is 1.45. The third-order valence-electron chi connectivity index (χ3n) is 4.68. The number of carbonyl (C=O) groups is 3. The van der Waals surface area contributed by atoms with Gasteiger partial charge in [0.1, 0.15) is 11.5 Å². The van der Waals surface area contributed by atoms with E-state index in [4.69, 9.17) is 9.47 Å². The van der Waals surface area contributed by atoms with Crippen LogP contribution in [0.3, 0.4) is 0 Å². The highest BCUT2D eigenvalue weighted by Crippen LogP contribution is 2.18. The fraction of sp³-hybridized carbons (Fsp3) is 0.360. The standard InChI is InChI=1S/C25H27NO6/c1-2-31-24(29)8-4-3-6-22(28)7-5-17-32-23-15-11-20(12-16-23)25(30)19-9-13-21(14-10-19)26-18-27/h9-16H,2-8,17H2,1H3. The van der Waals surface area contributed by atoms with Gasteiger partial charge in [0.05, 0.1) is 18.9 Å². The molecule has 0 N–H and O–H groups in total. The Morgan fingerprint density at radius 2 is 1.44 bits per heavy atom. The Bertz CT molecular complexity index is 943. The summed E-state index contributed by atoms with van der Waals surface area (Å²) in [4.78, 5) is 49.4. The van der Waals surface area contributed by atoms with Gasteiger partial charge in [0.15, 0.2) is 5.78 Å². The molecule has 0 saturated carbocycles. The molecule has 2 aromatic carbocycles. The topological polar surface area (TPSA) is 99.1 Å². The van der Waals surface area contributed by atoms with Crippen LogP contribution in [-0.4, -0.2) is 36.8 Å². The Morgan fingerprint density at radius 3 is 2.06 bits per heavy atom. The molecule has 2 rings (SSSR count). The average Bonchev–Trinajstić information content (AvgIpc) is 2.80. The second kappa shape index (κ2) is 13.7. The van der Waals surface area contributed by atoms with E-state index in [1.165, 1.54) is 6.08 Å². The zero-order valence-corrected chi connectivity index (χ0v) is 18.2. The molecule has 0 unspecified atom stereocenters. The summed E-state index contributed by atoms with van der Waals surface area (Å²) in [5, 5.41) is 0. The number of nitrogens with zero attached hydrogens (tertiary/aromatic N) is 1. The van der Waals surface area contributed by atoms with Gasteiger partial charge in [-0.25, -0.2) is 4.79 Å². The number of rotatable bonds is 14. The van der Waals surface area contributed by atoms with Gasteiger partial charge in [-0.15, -0.1) is 0 Å². The molecule has 2 aromatic rings. The molecule has 0 aliphatic carbocycles. The number of unbranched alkanes of at least 4 members (excludes halogenated alkanes) is 1. The molecular formula is C25H27NO6. The fourth-order valence-corrected chi connectivity index (χ4v) is 3.02. The zero-order chi connectivity index (χ0) is 23.2. The number of carbonyl (C=O) groups excluding carboxylic acids is 4. The van der Waals surface area contributed by atoms with Crippen molar-refractivity contribution in [2.24, 2.45) is 4.99 Å². The van der Waals surface area contributed by atoms with Crippen LogP contribution < -0.4 is 4.74 Å². The largest absolute Gasteiger partial charge is 0.494 e. The van der Waals surface area contributed by atoms with Gasteiger partial charge < -0.3 is 9.47 Å².